The number of piperazine rings is 1. The Morgan fingerprint density at radius 1 is 0.791 bits per heavy atom. The van der Waals surface area contributed by atoms with Gasteiger partial charge in [0.15, 0.2) is 5.60 Å². The Hall–Kier alpha value is -6.63. The van der Waals surface area contributed by atoms with Crippen LogP contribution in [0, 0.1) is 0 Å². The van der Waals surface area contributed by atoms with E-state index in [1.54, 1.807) is 40.7 Å². The fourth-order valence-electron chi connectivity index (χ4n) is 8.43. The van der Waals surface area contributed by atoms with E-state index in [1.165, 1.54) is 6.42 Å². The number of nitrogens with one attached hydrogen (secondary N) is 1. The van der Waals surface area contributed by atoms with Crippen LogP contribution in [0.1, 0.15) is 100 Å². The van der Waals surface area contributed by atoms with Gasteiger partial charge >= 0.3 is 12.1 Å². The van der Waals surface area contributed by atoms with Gasteiger partial charge in [-0.15, -0.1) is 0 Å². The van der Waals surface area contributed by atoms with Crippen LogP contribution in [0.25, 0.3) is 22.3 Å². The lowest BCUT2D eigenvalue weighted by Gasteiger charge is -2.34. The van der Waals surface area contributed by atoms with Gasteiger partial charge in [0, 0.05) is 61.3 Å². The minimum Gasteiger partial charge on any atom is -0.458 e. The van der Waals surface area contributed by atoms with Gasteiger partial charge in [0.1, 0.15) is 12.4 Å². The minimum absolute atomic E-state index is 0.0137. The van der Waals surface area contributed by atoms with E-state index in [0.717, 1.165) is 67.3 Å². The lowest BCUT2D eigenvalue weighted by atomic mass is 9.86. The summed E-state index contributed by atoms with van der Waals surface area (Å²) in [5, 5.41) is 14.9. The standard InChI is InChI=1S/C55H63N5O7/c1-3-5-6-7-8-9-10-11-12-13-14-15-16-17-18-19-20-21-22-23-24-50(61)56-44-27-25-41(26-28-44)38-58-31-33-59(34-32-58)54(64)67-45-29-30-48-42(36-45)35-43-39-60-49(51(43)57-48)37-47-46(52(60)62)40-66-53(63)55(47,65)4-2/h6-7,9-10,12-13,15-16,18-19,21-22,25-30,35-37,65H,3-5,8,11,14,17,20,23-24,31-34,38-40H2,1-2H3,(H,56,61)/b7-6-,10-9-,13-12-,16-15-,19-18-,22-21-/t55-/m0/s1. The molecule has 2 amide bonds. The van der Waals surface area contributed by atoms with E-state index < -0.39 is 17.7 Å². The first-order chi connectivity index (χ1) is 32.7. The number of hydrogen-bond donors (Lipinski definition) is 2. The minimum atomic E-state index is -1.89. The largest absolute Gasteiger partial charge is 0.458 e. The maximum atomic E-state index is 13.5. The lowest BCUT2D eigenvalue weighted by molar-refractivity contribution is -0.172. The van der Waals surface area contributed by atoms with Crippen LogP contribution in [0.2, 0.25) is 0 Å². The number of unbranched alkanes of at least 4 members (excludes halogenated alkanes) is 1. The summed E-state index contributed by atoms with van der Waals surface area (Å²) in [6, 6.07) is 16.8. The average Bonchev–Trinajstić information content (AvgIpc) is 3.69. The van der Waals surface area contributed by atoms with E-state index in [4.69, 9.17) is 14.5 Å². The second kappa shape index (κ2) is 23.7. The molecule has 12 heteroatoms. The third kappa shape index (κ3) is 12.6. The van der Waals surface area contributed by atoms with E-state index in [1.807, 2.05) is 30.3 Å². The van der Waals surface area contributed by atoms with E-state index in [9.17, 15) is 24.3 Å². The van der Waals surface area contributed by atoms with Crippen molar-refractivity contribution >= 4 is 34.6 Å². The molecule has 3 aliphatic rings. The maximum absolute atomic E-state index is 13.5. The molecule has 1 saturated heterocycles. The highest BCUT2D eigenvalue weighted by Gasteiger charge is 2.45. The number of nitrogens with zero attached hydrogens (tertiary/aromatic N) is 4. The van der Waals surface area contributed by atoms with Crippen LogP contribution in [0.3, 0.4) is 0 Å². The van der Waals surface area contributed by atoms with Crippen molar-refractivity contribution in [2.24, 2.45) is 0 Å². The van der Waals surface area contributed by atoms with Crippen LogP contribution in [0.4, 0.5) is 10.5 Å². The normalized spacial score (nSPS) is 17.4. The summed E-state index contributed by atoms with van der Waals surface area (Å²) in [5.41, 5.74) is 2.83. The number of benzene rings is 2. The number of aromatic nitrogens is 2. The smallest absolute Gasteiger partial charge is 0.415 e. The first-order valence-electron chi connectivity index (χ1n) is 23.8. The zero-order valence-electron chi connectivity index (χ0n) is 38.8. The SMILES string of the molecule is CCC/C=C\C/C=C\C/C=C\C/C=C\C/C=C\C/C=C\CCC(=O)Nc1ccc(CN2CCN(C(=O)Oc3ccc4nc5c(cc4c3)Cn3c-5cc4c(c3=O)COC(=O)[C@]4(O)CC)CC2)cc1. The molecule has 2 N–H and O–H groups in total. The zero-order valence-corrected chi connectivity index (χ0v) is 38.8. The molecule has 1 fully saturated rings. The maximum Gasteiger partial charge on any atom is 0.415 e. The van der Waals surface area contributed by atoms with Crippen molar-refractivity contribution in [2.45, 2.75) is 103 Å². The Labute approximate surface area is 393 Å². The Morgan fingerprint density at radius 3 is 2.04 bits per heavy atom. The quantitative estimate of drug-likeness (QED) is 0.0576. The van der Waals surface area contributed by atoms with Crippen LogP contribution in [0.5, 0.6) is 5.75 Å². The van der Waals surface area contributed by atoms with E-state index in [-0.39, 0.29) is 42.2 Å². The number of carbonyl (C=O) groups is 3. The van der Waals surface area contributed by atoms with Gasteiger partial charge < -0.3 is 29.4 Å². The Balaban J connectivity index is 0.780. The molecule has 0 unspecified atom stereocenters. The Kier molecular flexibility index (Phi) is 17.1. The first-order valence-corrected chi connectivity index (χ1v) is 23.8. The van der Waals surface area contributed by atoms with Gasteiger partial charge in [-0.2, -0.15) is 0 Å². The summed E-state index contributed by atoms with van der Waals surface area (Å²) in [6.45, 7) is 7.11. The number of hydrogen-bond acceptors (Lipinski definition) is 9. The highest BCUT2D eigenvalue weighted by Crippen LogP contribution is 2.39. The second-order valence-electron chi connectivity index (χ2n) is 17.2. The Morgan fingerprint density at radius 2 is 1.42 bits per heavy atom. The number of fused-ring (bicyclic) bond motifs is 5. The van der Waals surface area contributed by atoms with Crippen molar-refractivity contribution in [1.82, 2.24) is 19.4 Å². The monoisotopic (exact) mass is 905 g/mol. The highest BCUT2D eigenvalue weighted by atomic mass is 16.6. The first kappa shape index (κ1) is 48.3. The number of anilines is 1. The molecule has 0 spiro atoms. The molecule has 0 aliphatic carbocycles. The fraction of sp³-hybridized carbons (Fsp3) is 0.364. The summed E-state index contributed by atoms with van der Waals surface area (Å²) < 4.78 is 12.6. The van der Waals surface area contributed by atoms with E-state index >= 15 is 0 Å². The predicted octanol–water partition coefficient (Wildman–Crippen LogP) is 10.2. The van der Waals surface area contributed by atoms with Gasteiger partial charge in [-0.25, -0.2) is 14.6 Å². The molecule has 350 valence electrons. The molecular formula is C55H63N5O7. The number of allylic oxidation sites excluding steroid dienone is 12. The molecule has 12 nitrogen and oxygen atoms in total. The van der Waals surface area contributed by atoms with Crippen molar-refractivity contribution in [1.29, 1.82) is 0 Å². The number of aliphatic hydroxyl groups is 1. The summed E-state index contributed by atoms with van der Waals surface area (Å²) in [6.07, 6.45) is 34.0. The number of carbonyl (C=O) groups excluding carboxylic acids is 3. The third-order valence-electron chi connectivity index (χ3n) is 12.3. The molecule has 0 bridgehead atoms. The van der Waals surface area contributed by atoms with Gasteiger partial charge in [0.05, 0.1) is 29.0 Å². The molecule has 4 aromatic rings. The molecule has 0 saturated carbocycles. The summed E-state index contributed by atoms with van der Waals surface area (Å²) in [4.78, 5) is 60.7. The van der Waals surface area contributed by atoms with Crippen molar-refractivity contribution in [3.63, 3.8) is 0 Å². The molecule has 1 atom stereocenters. The fourth-order valence-corrected chi connectivity index (χ4v) is 8.43. The number of pyridine rings is 2. The van der Waals surface area contributed by atoms with Gasteiger partial charge in [-0.3, -0.25) is 14.5 Å². The van der Waals surface area contributed by atoms with Crippen molar-refractivity contribution in [2.75, 3.05) is 31.5 Å². The molecule has 5 heterocycles. The molecule has 3 aliphatic heterocycles. The lowest BCUT2D eigenvalue weighted by Crippen LogP contribution is -2.49. The molecule has 67 heavy (non-hydrogen) atoms. The van der Waals surface area contributed by atoms with E-state index in [0.29, 0.717) is 61.7 Å². The topological polar surface area (TPSA) is 143 Å². The van der Waals surface area contributed by atoms with Gasteiger partial charge in [-0.05, 0) is 99.4 Å². The molecule has 2 aromatic carbocycles. The molecular weight excluding hydrogens is 843 g/mol. The number of amides is 2. The summed E-state index contributed by atoms with van der Waals surface area (Å²) in [7, 11) is 0. The zero-order chi connectivity index (χ0) is 47.0. The molecule has 0 radical (unpaired) electrons. The highest BCUT2D eigenvalue weighted by molar-refractivity contribution is 5.91. The molecule has 7 rings (SSSR count). The van der Waals surface area contributed by atoms with Crippen LogP contribution in [-0.2, 0) is 39.6 Å². The van der Waals surface area contributed by atoms with Crippen LogP contribution in [-0.4, -0.2) is 68.6 Å². The van der Waals surface area contributed by atoms with Crippen LogP contribution >= 0.6 is 0 Å². The Bertz CT molecular complexity index is 2630. The van der Waals surface area contributed by atoms with Crippen LogP contribution < -0.4 is 15.6 Å². The van der Waals surface area contributed by atoms with E-state index in [2.05, 4.69) is 90.1 Å². The summed E-state index contributed by atoms with van der Waals surface area (Å²) >= 11 is 0. The van der Waals surface area contributed by atoms with Gasteiger partial charge in [0.2, 0.25) is 5.91 Å². The predicted molar refractivity (Wildman–Crippen MR) is 265 cm³/mol. The van der Waals surface area contributed by atoms with Crippen molar-refractivity contribution < 1.29 is 29.0 Å². The third-order valence-corrected chi connectivity index (χ3v) is 12.3. The second-order valence-corrected chi connectivity index (χ2v) is 17.2. The van der Waals surface area contributed by atoms with Gasteiger partial charge in [-0.1, -0.05) is 105 Å². The summed E-state index contributed by atoms with van der Waals surface area (Å²) in [5.74, 6) is -0.380. The molecule has 2 aromatic heterocycles. The number of ether oxygens (including phenoxy) is 2. The van der Waals surface area contributed by atoms with Gasteiger partial charge in [0.25, 0.3) is 5.56 Å². The van der Waals surface area contributed by atoms with Crippen molar-refractivity contribution in [3.05, 3.63) is 160 Å². The average molecular weight is 906 g/mol. The number of rotatable bonds is 20. The number of esters is 1. The van der Waals surface area contributed by atoms with Crippen molar-refractivity contribution in [3.8, 4) is 17.1 Å². The number of cyclic esters (lactones) is 1. The van der Waals surface area contributed by atoms with Crippen LogP contribution in [0.15, 0.2) is 132 Å².